The molecular formula is C22H27N5O2S. The van der Waals surface area contributed by atoms with Gasteiger partial charge in [-0.2, -0.15) is 10.2 Å². The molecule has 0 bridgehead atoms. The van der Waals surface area contributed by atoms with Crippen LogP contribution in [0.3, 0.4) is 0 Å². The summed E-state index contributed by atoms with van der Waals surface area (Å²) in [5.41, 5.74) is 3.96. The molecule has 1 N–H and O–H groups in total. The largest absolute Gasteiger partial charge is 0.376 e. The number of rotatable bonds is 7. The Labute approximate surface area is 180 Å². The molecule has 8 heteroatoms. The van der Waals surface area contributed by atoms with Crippen LogP contribution in [0.1, 0.15) is 43.9 Å². The molecule has 30 heavy (non-hydrogen) atoms. The number of carbonyl (C=O) groups excluding carboxylic acids is 1. The van der Waals surface area contributed by atoms with E-state index in [2.05, 4.69) is 53.5 Å². The molecule has 0 aliphatic carbocycles. The number of aromatic nitrogens is 4. The Kier molecular flexibility index (Phi) is 6.34. The molecule has 158 valence electrons. The average molecular weight is 426 g/mol. The number of amides is 1. The van der Waals surface area contributed by atoms with Crippen molar-refractivity contribution in [2.24, 2.45) is 0 Å². The van der Waals surface area contributed by atoms with Gasteiger partial charge in [0.2, 0.25) is 5.91 Å². The number of fused-ring (bicyclic) bond motifs is 1. The van der Waals surface area contributed by atoms with E-state index in [1.807, 2.05) is 23.0 Å². The summed E-state index contributed by atoms with van der Waals surface area (Å²) in [7, 11) is 0. The van der Waals surface area contributed by atoms with Gasteiger partial charge in [-0.15, -0.1) is 5.10 Å². The zero-order valence-electron chi connectivity index (χ0n) is 17.6. The van der Waals surface area contributed by atoms with E-state index in [4.69, 9.17) is 4.74 Å². The smallest absolute Gasteiger partial charge is 0.230 e. The summed E-state index contributed by atoms with van der Waals surface area (Å²) >= 11 is 1.39. The molecule has 1 saturated heterocycles. The van der Waals surface area contributed by atoms with Crippen LogP contribution < -0.4 is 5.32 Å². The molecule has 4 rings (SSSR count). The number of benzene rings is 1. The first-order valence-electron chi connectivity index (χ1n) is 10.4. The van der Waals surface area contributed by atoms with Crippen molar-refractivity contribution >= 4 is 28.6 Å². The lowest BCUT2D eigenvalue weighted by atomic mass is 10.1. The zero-order valence-corrected chi connectivity index (χ0v) is 18.4. The maximum absolute atomic E-state index is 12.4. The van der Waals surface area contributed by atoms with Crippen LogP contribution in [-0.2, 0) is 9.53 Å². The Morgan fingerprint density at radius 1 is 1.30 bits per heavy atom. The molecule has 0 radical (unpaired) electrons. The molecule has 1 aromatic carbocycles. The van der Waals surface area contributed by atoms with Crippen molar-refractivity contribution in [2.45, 2.75) is 50.7 Å². The SMILES string of the molecule is Cc1ccc(-n2ncc3c(C(C)C)nnc(SCC(=O)NC[C@H]4CCCO4)c32)cc1. The quantitative estimate of drug-likeness (QED) is 0.582. The van der Waals surface area contributed by atoms with Crippen LogP contribution in [0.4, 0.5) is 0 Å². The van der Waals surface area contributed by atoms with Gasteiger partial charge in [0.15, 0.2) is 0 Å². The van der Waals surface area contributed by atoms with Crippen molar-refractivity contribution in [3.8, 4) is 5.69 Å². The molecule has 3 aromatic rings. The van der Waals surface area contributed by atoms with Crippen molar-refractivity contribution in [1.29, 1.82) is 0 Å². The van der Waals surface area contributed by atoms with E-state index in [0.29, 0.717) is 11.6 Å². The molecule has 3 heterocycles. The average Bonchev–Trinajstić information content (AvgIpc) is 3.41. The third-order valence-corrected chi connectivity index (χ3v) is 6.17. The number of hydrogen-bond acceptors (Lipinski definition) is 6. The summed E-state index contributed by atoms with van der Waals surface area (Å²) < 4.78 is 7.46. The van der Waals surface area contributed by atoms with Gasteiger partial charge in [0.1, 0.15) is 10.5 Å². The number of nitrogens with zero attached hydrogens (tertiary/aromatic N) is 4. The molecule has 0 saturated carbocycles. The Hall–Kier alpha value is -2.45. The summed E-state index contributed by atoms with van der Waals surface area (Å²) in [5, 5.41) is 18.2. The van der Waals surface area contributed by atoms with Gasteiger partial charge < -0.3 is 10.1 Å². The Bertz CT molecular complexity index is 1030. The summed E-state index contributed by atoms with van der Waals surface area (Å²) in [6, 6.07) is 8.21. The molecule has 0 spiro atoms. The highest BCUT2D eigenvalue weighted by atomic mass is 32.2. The van der Waals surface area contributed by atoms with E-state index in [-0.39, 0.29) is 23.7 Å². The lowest BCUT2D eigenvalue weighted by Crippen LogP contribution is -2.32. The second kappa shape index (κ2) is 9.14. The van der Waals surface area contributed by atoms with E-state index in [9.17, 15) is 4.79 Å². The van der Waals surface area contributed by atoms with Crippen LogP contribution in [0.2, 0.25) is 0 Å². The highest BCUT2D eigenvalue weighted by Gasteiger charge is 2.20. The van der Waals surface area contributed by atoms with Gasteiger partial charge in [-0.1, -0.05) is 43.3 Å². The Morgan fingerprint density at radius 2 is 2.10 bits per heavy atom. The van der Waals surface area contributed by atoms with E-state index >= 15 is 0 Å². The number of carbonyl (C=O) groups is 1. The molecule has 1 fully saturated rings. The molecule has 0 unspecified atom stereocenters. The van der Waals surface area contributed by atoms with Crippen LogP contribution in [0.15, 0.2) is 35.5 Å². The second-order valence-corrected chi connectivity index (χ2v) is 8.89. The predicted octanol–water partition coefficient (Wildman–Crippen LogP) is 3.63. The molecule has 1 aliphatic heterocycles. The molecule has 1 atom stereocenters. The molecular weight excluding hydrogens is 398 g/mol. The van der Waals surface area contributed by atoms with Crippen LogP contribution in [-0.4, -0.2) is 50.9 Å². The minimum Gasteiger partial charge on any atom is -0.376 e. The van der Waals surface area contributed by atoms with E-state index in [1.54, 1.807) is 0 Å². The summed E-state index contributed by atoms with van der Waals surface area (Å²) in [6.45, 7) is 7.60. The maximum atomic E-state index is 12.4. The van der Waals surface area contributed by atoms with Gasteiger partial charge in [0.05, 0.1) is 29.4 Å². The summed E-state index contributed by atoms with van der Waals surface area (Å²) in [6.07, 6.45) is 4.06. The predicted molar refractivity (Wildman–Crippen MR) is 118 cm³/mol. The Balaban J connectivity index is 1.58. The highest BCUT2D eigenvalue weighted by molar-refractivity contribution is 8.00. The molecule has 1 amide bonds. The fourth-order valence-electron chi connectivity index (χ4n) is 3.57. The first-order valence-corrected chi connectivity index (χ1v) is 11.3. The number of nitrogens with one attached hydrogen (secondary N) is 1. The van der Waals surface area contributed by atoms with Crippen LogP contribution in [0, 0.1) is 6.92 Å². The van der Waals surface area contributed by atoms with Crippen molar-refractivity contribution in [3.63, 3.8) is 0 Å². The topological polar surface area (TPSA) is 81.9 Å². The summed E-state index contributed by atoms with van der Waals surface area (Å²) in [4.78, 5) is 12.4. The van der Waals surface area contributed by atoms with E-state index in [0.717, 1.165) is 41.7 Å². The standard InChI is InChI=1S/C22H27N5O2S/c1-14(2)20-18-12-24-27(16-8-6-15(3)7-9-16)21(18)22(26-25-20)30-13-19(28)23-11-17-5-4-10-29-17/h6-9,12,14,17H,4-5,10-11,13H2,1-3H3,(H,23,28)/t17-/m1/s1. The van der Waals surface area contributed by atoms with Gasteiger partial charge >= 0.3 is 0 Å². The molecule has 1 aliphatic rings. The van der Waals surface area contributed by atoms with Crippen molar-refractivity contribution < 1.29 is 9.53 Å². The lowest BCUT2D eigenvalue weighted by molar-refractivity contribution is -0.119. The van der Waals surface area contributed by atoms with E-state index < -0.39 is 0 Å². The minimum atomic E-state index is -0.0280. The third kappa shape index (κ3) is 4.49. The fraction of sp³-hybridized carbons (Fsp3) is 0.455. The van der Waals surface area contributed by atoms with Gasteiger partial charge in [-0.25, -0.2) is 4.68 Å². The van der Waals surface area contributed by atoms with E-state index in [1.165, 1.54) is 17.3 Å². The van der Waals surface area contributed by atoms with Crippen molar-refractivity contribution in [2.75, 3.05) is 18.9 Å². The number of thioether (sulfide) groups is 1. The zero-order chi connectivity index (χ0) is 21.1. The molecule has 2 aromatic heterocycles. The molecule has 7 nitrogen and oxygen atoms in total. The maximum Gasteiger partial charge on any atom is 0.230 e. The number of ether oxygens (including phenoxy) is 1. The fourth-order valence-corrected chi connectivity index (χ4v) is 4.37. The summed E-state index contributed by atoms with van der Waals surface area (Å²) in [5.74, 6) is 0.473. The van der Waals surface area contributed by atoms with Gasteiger partial charge in [0.25, 0.3) is 0 Å². The first kappa shape index (κ1) is 20.8. The van der Waals surface area contributed by atoms with Crippen LogP contribution in [0.25, 0.3) is 16.6 Å². The van der Waals surface area contributed by atoms with Crippen LogP contribution in [0.5, 0.6) is 0 Å². The van der Waals surface area contributed by atoms with Gasteiger partial charge in [-0.05, 0) is 37.8 Å². The van der Waals surface area contributed by atoms with Gasteiger partial charge in [-0.3, -0.25) is 4.79 Å². The van der Waals surface area contributed by atoms with Crippen molar-refractivity contribution in [3.05, 3.63) is 41.7 Å². The second-order valence-electron chi connectivity index (χ2n) is 7.93. The number of hydrogen-bond donors (Lipinski definition) is 1. The van der Waals surface area contributed by atoms with Crippen LogP contribution >= 0.6 is 11.8 Å². The number of aryl methyl sites for hydroxylation is 1. The minimum absolute atomic E-state index is 0.0280. The first-order chi connectivity index (χ1) is 14.5. The Morgan fingerprint density at radius 3 is 2.80 bits per heavy atom. The third-order valence-electron chi connectivity index (χ3n) is 5.21. The lowest BCUT2D eigenvalue weighted by Gasteiger charge is -2.12. The monoisotopic (exact) mass is 425 g/mol. The normalized spacial score (nSPS) is 16.5. The van der Waals surface area contributed by atoms with Crippen molar-refractivity contribution in [1.82, 2.24) is 25.3 Å². The van der Waals surface area contributed by atoms with Gasteiger partial charge in [0, 0.05) is 18.5 Å². The highest BCUT2D eigenvalue weighted by Crippen LogP contribution is 2.31.